The van der Waals surface area contributed by atoms with Crippen molar-refractivity contribution in [2.75, 3.05) is 26.2 Å². The lowest BCUT2D eigenvalue weighted by molar-refractivity contribution is -0.129. The van der Waals surface area contributed by atoms with Crippen LogP contribution >= 0.6 is 0 Å². The van der Waals surface area contributed by atoms with Crippen LogP contribution in [-0.2, 0) is 11.3 Å². The van der Waals surface area contributed by atoms with E-state index in [4.69, 9.17) is 0 Å². The molecule has 2 saturated heterocycles. The third kappa shape index (κ3) is 4.94. The van der Waals surface area contributed by atoms with Gasteiger partial charge >= 0.3 is 6.03 Å². The minimum Gasteiger partial charge on any atom is -0.348 e. The van der Waals surface area contributed by atoms with Gasteiger partial charge in [-0.15, -0.1) is 0 Å². The Kier molecular flexibility index (Phi) is 6.75. The van der Waals surface area contributed by atoms with E-state index in [1.807, 2.05) is 35.2 Å². The number of urea groups is 1. The monoisotopic (exact) mass is 436 g/mol. The Hall–Kier alpha value is -3.33. The van der Waals surface area contributed by atoms with Gasteiger partial charge in [-0.25, -0.2) is 14.8 Å². The number of carbonyl (C=O) groups is 3. The fourth-order valence-corrected chi connectivity index (χ4v) is 4.25. The lowest BCUT2D eigenvalue weighted by Crippen LogP contribution is -2.45. The van der Waals surface area contributed by atoms with E-state index in [2.05, 4.69) is 20.6 Å². The zero-order valence-electron chi connectivity index (χ0n) is 18.2. The van der Waals surface area contributed by atoms with Gasteiger partial charge in [0.2, 0.25) is 5.91 Å². The van der Waals surface area contributed by atoms with Gasteiger partial charge in [-0.05, 0) is 31.9 Å². The summed E-state index contributed by atoms with van der Waals surface area (Å²) in [6.45, 7) is 3.89. The van der Waals surface area contributed by atoms with Crippen molar-refractivity contribution in [3.8, 4) is 0 Å². The molecule has 1 atom stereocenters. The van der Waals surface area contributed by atoms with Crippen LogP contribution in [0.5, 0.6) is 0 Å². The molecule has 9 heteroatoms. The molecule has 0 radical (unpaired) electrons. The predicted octanol–water partition coefficient (Wildman–Crippen LogP) is 1.79. The van der Waals surface area contributed by atoms with E-state index in [9.17, 15) is 14.4 Å². The Bertz CT molecular complexity index is 996. The van der Waals surface area contributed by atoms with E-state index >= 15 is 0 Å². The van der Waals surface area contributed by atoms with Crippen molar-refractivity contribution in [3.05, 3.63) is 59.2 Å². The maximum absolute atomic E-state index is 13.0. The molecule has 0 saturated carbocycles. The Labute approximate surface area is 187 Å². The molecule has 0 aliphatic carbocycles. The van der Waals surface area contributed by atoms with E-state index in [1.165, 1.54) is 4.90 Å². The van der Waals surface area contributed by atoms with Crippen LogP contribution in [0.1, 0.15) is 52.7 Å². The highest BCUT2D eigenvalue weighted by Crippen LogP contribution is 2.31. The fraction of sp³-hybridized carbons (Fsp3) is 0.435. The van der Waals surface area contributed by atoms with Gasteiger partial charge in [0.15, 0.2) is 0 Å². The highest BCUT2D eigenvalue weighted by Gasteiger charge is 2.33. The van der Waals surface area contributed by atoms with Crippen molar-refractivity contribution < 1.29 is 14.4 Å². The largest absolute Gasteiger partial charge is 0.348 e. The second-order valence-corrected chi connectivity index (χ2v) is 8.14. The summed E-state index contributed by atoms with van der Waals surface area (Å²) in [5.41, 5.74) is 2.07. The molecular weight excluding hydrogens is 408 g/mol. The van der Waals surface area contributed by atoms with Crippen LogP contribution in [0.2, 0.25) is 0 Å². The van der Waals surface area contributed by atoms with E-state index in [-0.39, 0.29) is 30.4 Å². The number of likely N-dealkylation sites (tertiary alicyclic amines) is 1. The summed E-state index contributed by atoms with van der Waals surface area (Å²) in [5.74, 6) is 0.114. The molecule has 1 aromatic carbocycles. The van der Waals surface area contributed by atoms with Crippen LogP contribution in [0.4, 0.5) is 4.79 Å². The molecule has 4 amide bonds. The van der Waals surface area contributed by atoms with Crippen molar-refractivity contribution in [3.63, 3.8) is 0 Å². The topological polar surface area (TPSA) is 108 Å². The number of hydrogen-bond donors (Lipinski definition) is 2. The molecule has 4 rings (SSSR count). The second-order valence-electron chi connectivity index (χ2n) is 8.14. The molecular formula is C23H28N6O3. The molecule has 2 aromatic rings. The molecule has 1 aromatic heterocycles. The quantitative estimate of drug-likeness (QED) is 0.715. The maximum Gasteiger partial charge on any atom is 0.324 e. The van der Waals surface area contributed by atoms with Crippen LogP contribution in [-0.4, -0.2) is 63.8 Å². The number of aromatic nitrogens is 2. The first-order valence-electron chi connectivity index (χ1n) is 11.0. The van der Waals surface area contributed by atoms with Gasteiger partial charge < -0.3 is 10.6 Å². The van der Waals surface area contributed by atoms with Crippen LogP contribution in [0.3, 0.4) is 0 Å². The number of benzene rings is 1. The molecule has 168 valence electrons. The molecule has 0 unspecified atom stereocenters. The fourth-order valence-electron chi connectivity index (χ4n) is 4.25. The Morgan fingerprint density at radius 3 is 2.75 bits per heavy atom. The number of hydrogen-bond acceptors (Lipinski definition) is 6. The SMILES string of the molecule is Cc1ncc(C(=O)NCc2ccccc2)c([C@H]2CCCCN2CC(=O)N2CCNC2=O)n1. The van der Waals surface area contributed by atoms with Gasteiger partial charge in [0, 0.05) is 25.8 Å². The minimum absolute atomic E-state index is 0.117. The first kappa shape index (κ1) is 21.9. The molecule has 2 fully saturated rings. The number of nitrogens with zero attached hydrogens (tertiary/aromatic N) is 4. The van der Waals surface area contributed by atoms with Crippen LogP contribution in [0.25, 0.3) is 0 Å². The molecule has 9 nitrogen and oxygen atoms in total. The number of rotatable bonds is 6. The van der Waals surface area contributed by atoms with Gasteiger partial charge in [0.1, 0.15) is 5.82 Å². The first-order valence-corrected chi connectivity index (χ1v) is 11.0. The zero-order chi connectivity index (χ0) is 22.5. The van der Waals surface area contributed by atoms with E-state index in [1.54, 1.807) is 13.1 Å². The minimum atomic E-state index is -0.345. The van der Waals surface area contributed by atoms with Crippen molar-refractivity contribution in [2.45, 2.75) is 38.8 Å². The van der Waals surface area contributed by atoms with Crippen LogP contribution in [0.15, 0.2) is 36.5 Å². The van der Waals surface area contributed by atoms with Crippen LogP contribution in [0, 0.1) is 6.92 Å². The summed E-state index contributed by atoms with van der Waals surface area (Å²) in [6.07, 6.45) is 4.29. The number of amides is 4. The molecule has 32 heavy (non-hydrogen) atoms. The Morgan fingerprint density at radius 2 is 2.00 bits per heavy atom. The summed E-state index contributed by atoms with van der Waals surface area (Å²) in [6, 6.07) is 9.17. The average Bonchev–Trinajstić information content (AvgIpc) is 3.24. The van der Waals surface area contributed by atoms with Gasteiger partial charge in [0.05, 0.1) is 23.8 Å². The molecule has 2 N–H and O–H groups in total. The lowest BCUT2D eigenvalue weighted by atomic mass is 9.96. The van der Waals surface area contributed by atoms with Crippen LogP contribution < -0.4 is 10.6 Å². The zero-order valence-corrected chi connectivity index (χ0v) is 18.2. The standard InChI is InChI=1S/C23H28N6O3/c1-16-25-14-18(22(31)26-13-17-7-3-2-4-8-17)21(27-16)19-9-5-6-11-28(19)15-20(30)29-12-10-24-23(29)32/h2-4,7-8,14,19H,5-6,9-13,15H2,1H3,(H,24,32)(H,26,31)/t19-/m1/s1. The number of imide groups is 1. The normalized spacial score (nSPS) is 19.0. The number of piperidine rings is 1. The summed E-state index contributed by atoms with van der Waals surface area (Å²) in [5, 5.41) is 5.62. The van der Waals surface area contributed by atoms with Gasteiger partial charge in [-0.3, -0.25) is 19.4 Å². The maximum atomic E-state index is 13.0. The van der Waals surface area contributed by atoms with Gasteiger partial charge in [0.25, 0.3) is 5.91 Å². The molecule has 2 aliphatic heterocycles. The van der Waals surface area contributed by atoms with Crippen molar-refractivity contribution in [1.29, 1.82) is 0 Å². The second kappa shape index (κ2) is 9.86. The van der Waals surface area contributed by atoms with E-state index < -0.39 is 0 Å². The Balaban J connectivity index is 1.53. The third-order valence-corrected chi connectivity index (χ3v) is 5.90. The van der Waals surface area contributed by atoms with E-state index in [0.29, 0.717) is 43.3 Å². The van der Waals surface area contributed by atoms with Gasteiger partial charge in [-0.1, -0.05) is 36.8 Å². The number of aryl methyl sites for hydroxylation is 1. The lowest BCUT2D eigenvalue weighted by Gasteiger charge is -2.36. The highest BCUT2D eigenvalue weighted by molar-refractivity contribution is 5.97. The molecule has 2 aliphatic rings. The number of carbonyl (C=O) groups excluding carboxylic acids is 3. The first-order chi connectivity index (χ1) is 15.5. The number of nitrogens with one attached hydrogen (secondary N) is 2. The average molecular weight is 437 g/mol. The Morgan fingerprint density at radius 1 is 1.19 bits per heavy atom. The van der Waals surface area contributed by atoms with Crippen molar-refractivity contribution >= 4 is 17.8 Å². The smallest absolute Gasteiger partial charge is 0.324 e. The molecule has 3 heterocycles. The van der Waals surface area contributed by atoms with Crippen molar-refractivity contribution in [1.82, 2.24) is 30.4 Å². The van der Waals surface area contributed by atoms with E-state index in [0.717, 1.165) is 24.8 Å². The third-order valence-electron chi connectivity index (χ3n) is 5.90. The van der Waals surface area contributed by atoms with Gasteiger partial charge in [-0.2, -0.15) is 0 Å². The summed E-state index contributed by atoms with van der Waals surface area (Å²) >= 11 is 0. The summed E-state index contributed by atoms with van der Waals surface area (Å²) < 4.78 is 0. The van der Waals surface area contributed by atoms with Crippen molar-refractivity contribution in [2.24, 2.45) is 0 Å². The highest BCUT2D eigenvalue weighted by atomic mass is 16.2. The summed E-state index contributed by atoms with van der Waals surface area (Å²) in [7, 11) is 0. The molecule has 0 spiro atoms. The predicted molar refractivity (Wildman–Crippen MR) is 118 cm³/mol. The molecule has 0 bridgehead atoms. The summed E-state index contributed by atoms with van der Waals surface area (Å²) in [4.78, 5) is 49.8.